The molecule has 1 aromatic rings. The summed E-state index contributed by atoms with van der Waals surface area (Å²) in [7, 11) is 0. The van der Waals surface area contributed by atoms with Gasteiger partial charge in [0.05, 0.1) is 0 Å². The van der Waals surface area contributed by atoms with E-state index in [0.29, 0.717) is 17.6 Å². The second-order valence-electron chi connectivity index (χ2n) is 8.61. The fourth-order valence-corrected chi connectivity index (χ4v) is 4.59. The van der Waals surface area contributed by atoms with Crippen molar-refractivity contribution in [3.63, 3.8) is 0 Å². The number of phenolic OH excluding ortho intramolecular Hbond substituents is 1. The van der Waals surface area contributed by atoms with Gasteiger partial charge in [0.1, 0.15) is 17.1 Å². The van der Waals surface area contributed by atoms with Crippen LogP contribution in [0.1, 0.15) is 83.3 Å². The summed E-state index contributed by atoms with van der Waals surface area (Å²) >= 11 is 0. The predicted octanol–water partition coefficient (Wildman–Crippen LogP) is 6.68. The smallest absolute Gasteiger partial charge is 0.127 e. The Morgan fingerprint density at radius 2 is 2.04 bits per heavy atom. The molecule has 1 aliphatic carbocycles. The van der Waals surface area contributed by atoms with E-state index in [-0.39, 0.29) is 5.60 Å². The molecule has 0 radical (unpaired) electrons. The van der Waals surface area contributed by atoms with E-state index in [9.17, 15) is 5.11 Å². The molecule has 0 aromatic heterocycles. The number of hydrogen-bond acceptors (Lipinski definition) is 2. The zero-order chi connectivity index (χ0) is 18.7. The molecule has 2 nitrogen and oxygen atoms in total. The van der Waals surface area contributed by atoms with Gasteiger partial charge >= 0.3 is 0 Å². The molecule has 3 rings (SSSR count). The molecule has 0 fully saturated rings. The van der Waals surface area contributed by atoms with E-state index in [1.165, 1.54) is 24.8 Å². The van der Waals surface area contributed by atoms with Crippen LogP contribution in [-0.4, -0.2) is 10.7 Å². The van der Waals surface area contributed by atoms with Crippen molar-refractivity contribution in [2.45, 2.75) is 84.2 Å². The Bertz CT molecular complexity index is 696. The average molecular weight is 355 g/mol. The van der Waals surface area contributed by atoms with Crippen molar-refractivity contribution >= 4 is 0 Å². The highest BCUT2D eigenvalue weighted by molar-refractivity contribution is 5.53. The SMILES string of the molecule is CCCCC/C=C\Cc1cc(O)c2c(c1)OC(C)(C)[C@@H]1CC=C(C)C[C@@H]21. The van der Waals surface area contributed by atoms with Crippen molar-refractivity contribution < 1.29 is 9.84 Å². The van der Waals surface area contributed by atoms with Crippen LogP contribution in [-0.2, 0) is 6.42 Å². The van der Waals surface area contributed by atoms with Crippen molar-refractivity contribution in [3.8, 4) is 11.5 Å². The molecule has 2 aliphatic rings. The topological polar surface area (TPSA) is 29.5 Å². The average Bonchev–Trinajstić information content (AvgIpc) is 2.56. The lowest BCUT2D eigenvalue weighted by atomic mass is 9.67. The zero-order valence-corrected chi connectivity index (χ0v) is 16.8. The first-order chi connectivity index (χ1) is 12.4. The summed E-state index contributed by atoms with van der Waals surface area (Å²) in [4.78, 5) is 0. The van der Waals surface area contributed by atoms with Gasteiger partial charge < -0.3 is 9.84 Å². The number of unbranched alkanes of at least 4 members (excludes halogenated alkanes) is 3. The minimum absolute atomic E-state index is 0.198. The lowest BCUT2D eigenvalue weighted by Crippen LogP contribution is -2.45. The van der Waals surface area contributed by atoms with Gasteiger partial charge in [-0.05, 0) is 70.6 Å². The number of allylic oxidation sites excluding steroid dienone is 4. The molecule has 1 aliphatic heterocycles. The van der Waals surface area contributed by atoms with Crippen LogP contribution >= 0.6 is 0 Å². The summed E-state index contributed by atoms with van der Waals surface area (Å²) in [6, 6.07) is 4.10. The summed E-state index contributed by atoms with van der Waals surface area (Å²) < 4.78 is 6.39. The van der Waals surface area contributed by atoms with Crippen molar-refractivity contribution in [2.75, 3.05) is 0 Å². The van der Waals surface area contributed by atoms with E-state index in [2.05, 4.69) is 52.0 Å². The lowest BCUT2D eigenvalue weighted by molar-refractivity contribution is 0.00754. The van der Waals surface area contributed by atoms with Gasteiger partial charge in [-0.1, -0.05) is 43.6 Å². The number of rotatable bonds is 6. The van der Waals surface area contributed by atoms with Gasteiger partial charge in [0.25, 0.3) is 0 Å². The molecule has 0 unspecified atom stereocenters. The second kappa shape index (κ2) is 7.90. The van der Waals surface area contributed by atoms with E-state index in [1.54, 1.807) is 0 Å². The fraction of sp³-hybridized carbons (Fsp3) is 0.583. The van der Waals surface area contributed by atoms with Crippen LogP contribution in [0.5, 0.6) is 11.5 Å². The number of ether oxygens (including phenoxy) is 1. The van der Waals surface area contributed by atoms with Gasteiger partial charge in [-0.25, -0.2) is 0 Å². The molecule has 0 spiro atoms. The molecule has 0 bridgehead atoms. The molecular weight excluding hydrogens is 320 g/mol. The summed E-state index contributed by atoms with van der Waals surface area (Å²) in [5.41, 5.74) is 3.38. The maximum Gasteiger partial charge on any atom is 0.127 e. The molecule has 0 saturated carbocycles. The molecule has 1 N–H and O–H groups in total. The second-order valence-corrected chi connectivity index (χ2v) is 8.61. The minimum Gasteiger partial charge on any atom is -0.508 e. The summed E-state index contributed by atoms with van der Waals surface area (Å²) in [5.74, 6) is 2.09. The van der Waals surface area contributed by atoms with Crippen LogP contribution in [0.25, 0.3) is 0 Å². The molecule has 0 amide bonds. The molecule has 2 heteroatoms. The molecule has 2 atom stereocenters. The first-order valence-corrected chi connectivity index (χ1v) is 10.3. The quantitative estimate of drug-likeness (QED) is 0.456. The van der Waals surface area contributed by atoms with Crippen molar-refractivity contribution in [2.24, 2.45) is 5.92 Å². The lowest BCUT2D eigenvalue weighted by Gasteiger charge is -2.47. The normalized spacial score (nSPS) is 23.9. The third kappa shape index (κ3) is 4.00. The Hall–Kier alpha value is -1.70. The first kappa shape index (κ1) is 19.1. The summed E-state index contributed by atoms with van der Waals surface area (Å²) in [5, 5.41) is 10.8. The molecular formula is C24H34O2. The molecule has 1 heterocycles. The molecule has 1 aromatic carbocycles. The largest absolute Gasteiger partial charge is 0.508 e. The van der Waals surface area contributed by atoms with Gasteiger partial charge in [0.15, 0.2) is 0 Å². The minimum atomic E-state index is -0.198. The highest BCUT2D eigenvalue weighted by Gasteiger charge is 2.45. The first-order valence-electron chi connectivity index (χ1n) is 10.3. The Morgan fingerprint density at radius 3 is 2.81 bits per heavy atom. The van der Waals surface area contributed by atoms with Gasteiger partial charge in [-0.15, -0.1) is 0 Å². The zero-order valence-electron chi connectivity index (χ0n) is 16.8. The number of hydrogen-bond donors (Lipinski definition) is 1. The van der Waals surface area contributed by atoms with Crippen molar-refractivity contribution in [3.05, 3.63) is 47.1 Å². The Labute approximate surface area is 159 Å². The van der Waals surface area contributed by atoms with Crippen LogP contribution in [0.2, 0.25) is 0 Å². The summed E-state index contributed by atoms with van der Waals surface area (Å²) in [6.07, 6.45) is 14.7. The fourth-order valence-electron chi connectivity index (χ4n) is 4.59. The van der Waals surface area contributed by atoms with E-state index in [1.807, 2.05) is 6.07 Å². The molecule has 0 saturated heterocycles. The van der Waals surface area contributed by atoms with E-state index in [4.69, 9.17) is 4.74 Å². The number of fused-ring (bicyclic) bond motifs is 3. The number of benzene rings is 1. The van der Waals surface area contributed by atoms with Crippen LogP contribution in [0.3, 0.4) is 0 Å². The van der Waals surface area contributed by atoms with Crippen LogP contribution in [0, 0.1) is 5.92 Å². The van der Waals surface area contributed by atoms with Crippen molar-refractivity contribution in [1.29, 1.82) is 0 Å². The van der Waals surface area contributed by atoms with Gasteiger partial charge in [-0.2, -0.15) is 0 Å². The highest BCUT2D eigenvalue weighted by Crippen LogP contribution is 2.54. The van der Waals surface area contributed by atoms with Gasteiger partial charge in [-0.3, -0.25) is 0 Å². The Kier molecular flexibility index (Phi) is 5.79. The van der Waals surface area contributed by atoms with E-state index < -0.39 is 0 Å². The third-order valence-corrected chi connectivity index (χ3v) is 6.06. The van der Waals surface area contributed by atoms with Gasteiger partial charge in [0.2, 0.25) is 0 Å². The third-order valence-electron chi connectivity index (χ3n) is 6.06. The highest BCUT2D eigenvalue weighted by atomic mass is 16.5. The van der Waals surface area contributed by atoms with Crippen LogP contribution in [0.15, 0.2) is 35.9 Å². The van der Waals surface area contributed by atoms with Crippen molar-refractivity contribution in [1.82, 2.24) is 0 Å². The monoisotopic (exact) mass is 354 g/mol. The van der Waals surface area contributed by atoms with Crippen LogP contribution in [0.4, 0.5) is 0 Å². The standard InChI is InChI=1S/C24H34O2/c1-5-6-7-8-9-10-11-18-15-21(25)23-19-14-17(2)12-13-20(19)24(3,4)26-22(23)16-18/h9-10,12,15-16,19-20,25H,5-8,11,13-14H2,1-4H3/b10-9-/t19-,20-/m1/s1. The maximum atomic E-state index is 10.8. The van der Waals surface area contributed by atoms with E-state index in [0.717, 1.165) is 42.6 Å². The molecule has 142 valence electrons. The number of aromatic hydroxyl groups is 1. The predicted molar refractivity (Wildman–Crippen MR) is 109 cm³/mol. The summed E-state index contributed by atoms with van der Waals surface area (Å²) in [6.45, 7) is 8.82. The Balaban J connectivity index is 1.81. The maximum absolute atomic E-state index is 10.8. The van der Waals surface area contributed by atoms with Gasteiger partial charge in [0, 0.05) is 17.4 Å². The Morgan fingerprint density at radius 1 is 1.23 bits per heavy atom. The van der Waals surface area contributed by atoms with E-state index >= 15 is 0 Å². The van der Waals surface area contributed by atoms with Crippen LogP contribution < -0.4 is 4.74 Å². The number of phenols is 1. The molecule has 26 heavy (non-hydrogen) atoms.